The molecule has 0 amide bonds. The van der Waals surface area contributed by atoms with E-state index in [1.165, 1.54) is 31.1 Å². The second-order valence-corrected chi connectivity index (χ2v) is 5.59. The standard InChI is InChI=1S/C17H22N2O/c1-2-3-10-19(14-8-9-14)17-16-7-5-4-6-15(16)13(12-20)11-18-17/h4-7,11,14,20H,2-3,8-10,12H2,1H3. The van der Waals surface area contributed by atoms with Crippen molar-refractivity contribution in [3.8, 4) is 0 Å². The quantitative estimate of drug-likeness (QED) is 0.872. The number of anilines is 1. The third-order valence-corrected chi connectivity index (χ3v) is 4.04. The molecule has 20 heavy (non-hydrogen) atoms. The van der Waals surface area contributed by atoms with Crippen molar-refractivity contribution >= 4 is 16.6 Å². The Morgan fingerprint density at radius 2 is 2.00 bits per heavy atom. The molecule has 0 radical (unpaired) electrons. The van der Waals surface area contributed by atoms with E-state index in [4.69, 9.17) is 0 Å². The van der Waals surface area contributed by atoms with Crippen LogP contribution in [0, 0.1) is 0 Å². The lowest BCUT2D eigenvalue weighted by atomic mass is 10.1. The van der Waals surface area contributed by atoms with Gasteiger partial charge in [-0.3, -0.25) is 0 Å². The predicted octanol–water partition coefficient (Wildman–Crippen LogP) is 3.50. The molecule has 1 fully saturated rings. The minimum atomic E-state index is 0.0478. The second-order valence-electron chi connectivity index (χ2n) is 5.59. The molecule has 1 aromatic heterocycles. The van der Waals surface area contributed by atoms with Crippen molar-refractivity contribution in [1.82, 2.24) is 4.98 Å². The third-order valence-electron chi connectivity index (χ3n) is 4.04. The van der Waals surface area contributed by atoms with E-state index in [9.17, 15) is 5.11 Å². The van der Waals surface area contributed by atoms with E-state index in [-0.39, 0.29) is 6.61 Å². The van der Waals surface area contributed by atoms with Crippen LogP contribution in [0.2, 0.25) is 0 Å². The Balaban J connectivity index is 2.05. The van der Waals surface area contributed by atoms with Gasteiger partial charge >= 0.3 is 0 Å². The van der Waals surface area contributed by atoms with E-state index in [2.05, 4.69) is 35.0 Å². The molecule has 0 atom stereocenters. The van der Waals surface area contributed by atoms with E-state index in [0.29, 0.717) is 6.04 Å². The van der Waals surface area contributed by atoms with Gasteiger partial charge in [-0.2, -0.15) is 0 Å². The van der Waals surface area contributed by atoms with Gasteiger partial charge in [0.1, 0.15) is 5.82 Å². The number of benzene rings is 1. The van der Waals surface area contributed by atoms with Crippen molar-refractivity contribution in [2.75, 3.05) is 11.4 Å². The zero-order valence-electron chi connectivity index (χ0n) is 12.0. The normalized spacial score (nSPS) is 14.7. The zero-order chi connectivity index (χ0) is 13.9. The van der Waals surface area contributed by atoms with Gasteiger partial charge < -0.3 is 10.0 Å². The molecule has 0 unspecified atom stereocenters. The Kier molecular flexibility index (Phi) is 3.88. The number of pyridine rings is 1. The zero-order valence-corrected chi connectivity index (χ0v) is 12.0. The van der Waals surface area contributed by atoms with E-state index in [1.54, 1.807) is 0 Å². The molecule has 0 saturated heterocycles. The average molecular weight is 270 g/mol. The summed E-state index contributed by atoms with van der Waals surface area (Å²) in [6.45, 7) is 3.36. The summed E-state index contributed by atoms with van der Waals surface area (Å²) in [7, 11) is 0. The van der Waals surface area contributed by atoms with Crippen molar-refractivity contribution < 1.29 is 5.11 Å². The van der Waals surface area contributed by atoms with Crippen LogP contribution in [0.15, 0.2) is 30.5 Å². The van der Waals surface area contributed by atoms with Crippen LogP contribution in [-0.2, 0) is 6.61 Å². The number of unbranched alkanes of at least 4 members (excludes halogenated alkanes) is 1. The molecule has 106 valence electrons. The van der Waals surface area contributed by atoms with Gasteiger partial charge in [0.15, 0.2) is 0 Å². The first-order chi connectivity index (χ1) is 9.85. The molecule has 0 spiro atoms. The monoisotopic (exact) mass is 270 g/mol. The SMILES string of the molecule is CCCCN(c1ncc(CO)c2ccccc12)C1CC1. The number of aliphatic hydroxyl groups is 1. The number of rotatable bonds is 6. The van der Waals surface area contributed by atoms with Crippen LogP contribution >= 0.6 is 0 Å². The summed E-state index contributed by atoms with van der Waals surface area (Å²) in [5.74, 6) is 1.09. The molecule has 0 aliphatic heterocycles. The lowest BCUT2D eigenvalue weighted by Crippen LogP contribution is -2.28. The predicted molar refractivity (Wildman–Crippen MR) is 82.9 cm³/mol. The van der Waals surface area contributed by atoms with Gasteiger partial charge in [0, 0.05) is 29.7 Å². The molecule has 1 heterocycles. The lowest BCUT2D eigenvalue weighted by Gasteiger charge is -2.25. The van der Waals surface area contributed by atoms with Crippen molar-refractivity contribution in [2.45, 2.75) is 45.3 Å². The Hall–Kier alpha value is -1.61. The maximum atomic E-state index is 9.47. The van der Waals surface area contributed by atoms with Gasteiger partial charge in [-0.15, -0.1) is 0 Å². The van der Waals surface area contributed by atoms with Gasteiger partial charge in [-0.05, 0) is 24.6 Å². The highest BCUT2D eigenvalue weighted by atomic mass is 16.3. The van der Waals surface area contributed by atoms with Crippen LogP contribution in [0.25, 0.3) is 10.8 Å². The fourth-order valence-corrected chi connectivity index (χ4v) is 2.77. The lowest BCUT2D eigenvalue weighted by molar-refractivity contribution is 0.283. The molecule has 3 nitrogen and oxygen atoms in total. The number of fused-ring (bicyclic) bond motifs is 1. The molecule has 1 aromatic carbocycles. The average Bonchev–Trinajstić information content (AvgIpc) is 3.32. The number of hydrogen-bond acceptors (Lipinski definition) is 3. The van der Waals surface area contributed by atoms with Crippen LogP contribution in [0.4, 0.5) is 5.82 Å². The van der Waals surface area contributed by atoms with Crippen molar-refractivity contribution in [1.29, 1.82) is 0 Å². The molecular weight excluding hydrogens is 248 g/mol. The fourth-order valence-electron chi connectivity index (χ4n) is 2.77. The van der Waals surface area contributed by atoms with Crippen molar-refractivity contribution in [3.05, 3.63) is 36.0 Å². The van der Waals surface area contributed by atoms with Crippen LogP contribution < -0.4 is 4.90 Å². The first kappa shape index (κ1) is 13.4. The van der Waals surface area contributed by atoms with Crippen LogP contribution in [0.5, 0.6) is 0 Å². The van der Waals surface area contributed by atoms with Crippen LogP contribution in [-0.4, -0.2) is 22.7 Å². The molecule has 3 heteroatoms. The summed E-state index contributed by atoms with van der Waals surface area (Å²) < 4.78 is 0. The summed E-state index contributed by atoms with van der Waals surface area (Å²) in [5, 5.41) is 11.8. The van der Waals surface area contributed by atoms with E-state index >= 15 is 0 Å². The Labute approximate surface area is 120 Å². The highest BCUT2D eigenvalue weighted by molar-refractivity contribution is 5.94. The number of nitrogens with zero attached hydrogens (tertiary/aromatic N) is 2. The highest BCUT2D eigenvalue weighted by Crippen LogP contribution is 2.35. The van der Waals surface area contributed by atoms with Gasteiger partial charge in [0.2, 0.25) is 0 Å². The minimum absolute atomic E-state index is 0.0478. The highest BCUT2D eigenvalue weighted by Gasteiger charge is 2.30. The number of aromatic nitrogens is 1. The van der Waals surface area contributed by atoms with E-state index in [0.717, 1.165) is 23.3 Å². The summed E-state index contributed by atoms with van der Waals surface area (Å²) >= 11 is 0. The van der Waals surface area contributed by atoms with Crippen LogP contribution in [0.1, 0.15) is 38.2 Å². The van der Waals surface area contributed by atoms with Gasteiger partial charge in [0.05, 0.1) is 6.61 Å². The van der Waals surface area contributed by atoms with Gasteiger partial charge in [0.25, 0.3) is 0 Å². The maximum Gasteiger partial charge on any atom is 0.136 e. The number of hydrogen-bond donors (Lipinski definition) is 1. The minimum Gasteiger partial charge on any atom is -0.392 e. The van der Waals surface area contributed by atoms with E-state index < -0.39 is 0 Å². The summed E-state index contributed by atoms with van der Waals surface area (Å²) in [5.41, 5.74) is 0.913. The third kappa shape index (κ3) is 2.50. The molecular formula is C17H22N2O. The molecule has 1 aliphatic carbocycles. The van der Waals surface area contributed by atoms with Crippen molar-refractivity contribution in [2.24, 2.45) is 0 Å². The largest absolute Gasteiger partial charge is 0.392 e. The van der Waals surface area contributed by atoms with Crippen LogP contribution in [0.3, 0.4) is 0 Å². The molecule has 1 N–H and O–H groups in total. The van der Waals surface area contributed by atoms with E-state index in [1.807, 2.05) is 12.3 Å². The fraction of sp³-hybridized carbons (Fsp3) is 0.471. The summed E-state index contributed by atoms with van der Waals surface area (Å²) in [6, 6.07) is 8.95. The Morgan fingerprint density at radius 3 is 2.65 bits per heavy atom. The summed E-state index contributed by atoms with van der Waals surface area (Å²) in [6.07, 6.45) is 6.80. The Morgan fingerprint density at radius 1 is 1.25 bits per heavy atom. The first-order valence-corrected chi connectivity index (χ1v) is 7.59. The topological polar surface area (TPSA) is 36.4 Å². The van der Waals surface area contributed by atoms with Gasteiger partial charge in [-0.25, -0.2) is 4.98 Å². The van der Waals surface area contributed by atoms with Crippen molar-refractivity contribution in [3.63, 3.8) is 0 Å². The molecule has 3 rings (SSSR count). The molecule has 1 saturated carbocycles. The summed E-state index contributed by atoms with van der Waals surface area (Å²) in [4.78, 5) is 7.12. The smallest absolute Gasteiger partial charge is 0.136 e. The van der Waals surface area contributed by atoms with Gasteiger partial charge in [-0.1, -0.05) is 37.6 Å². The molecule has 2 aromatic rings. The Bertz CT molecular complexity index is 593. The molecule has 0 bridgehead atoms. The maximum absolute atomic E-state index is 9.47. The number of aliphatic hydroxyl groups excluding tert-OH is 1. The first-order valence-electron chi connectivity index (χ1n) is 7.59. The second kappa shape index (κ2) is 5.80. The molecule has 1 aliphatic rings.